The highest BCUT2D eigenvalue weighted by atomic mass is 19.1. The van der Waals surface area contributed by atoms with Gasteiger partial charge < -0.3 is 29.0 Å². The lowest BCUT2D eigenvalue weighted by molar-refractivity contribution is -0.00300. The molecule has 4 rings (SSSR count). The van der Waals surface area contributed by atoms with Crippen LogP contribution in [0.25, 0.3) is 0 Å². The van der Waals surface area contributed by atoms with Crippen molar-refractivity contribution in [1.82, 2.24) is 15.1 Å². The standard InChI is InChI=1S/C34H49BFN3O6/c1-21-12-13-24(17-27(21)36)29(20-38-14-15-39(23(3)19-38)31(41)43-32(4,5)6)42-28-16-22(2)26(18-25(28)30(40)37-11)35-44-33(7,8)34(9,10)45-35/h12-13,16-18,23,29H,14-15,19-20H2,1-11H3,(H,37,40)/t23-,29-/m1/s1. The summed E-state index contributed by atoms with van der Waals surface area (Å²) in [6.45, 7) is 21.2. The van der Waals surface area contributed by atoms with E-state index >= 15 is 0 Å². The van der Waals surface area contributed by atoms with E-state index in [1.165, 1.54) is 6.07 Å². The van der Waals surface area contributed by atoms with E-state index in [-0.39, 0.29) is 23.9 Å². The zero-order chi connectivity index (χ0) is 33.5. The average Bonchev–Trinajstić information content (AvgIpc) is 3.14. The van der Waals surface area contributed by atoms with E-state index in [1.807, 2.05) is 74.4 Å². The Morgan fingerprint density at radius 2 is 1.71 bits per heavy atom. The smallest absolute Gasteiger partial charge is 0.484 e. The number of amides is 2. The number of aryl methyl sites for hydroxylation is 2. The highest BCUT2D eigenvalue weighted by Gasteiger charge is 2.52. The average molecular weight is 626 g/mol. The van der Waals surface area contributed by atoms with Gasteiger partial charge in [0.15, 0.2) is 0 Å². The number of hydrogen-bond donors (Lipinski definition) is 1. The van der Waals surface area contributed by atoms with E-state index in [9.17, 15) is 14.0 Å². The Morgan fingerprint density at radius 3 is 2.27 bits per heavy atom. The SMILES string of the molecule is CNC(=O)c1cc(B2OC(C)(C)C(C)(C)O2)c(C)cc1O[C@H](CN1CCN(C(=O)OC(C)(C)C)[C@H](C)C1)c1ccc(C)c(F)c1. The van der Waals surface area contributed by atoms with Gasteiger partial charge in [0, 0.05) is 39.3 Å². The minimum atomic E-state index is -0.655. The molecule has 2 aliphatic rings. The van der Waals surface area contributed by atoms with Crippen LogP contribution in [0.4, 0.5) is 9.18 Å². The van der Waals surface area contributed by atoms with Gasteiger partial charge in [-0.05, 0) is 110 Å². The van der Waals surface area contributed by atoms with Crippen molar-refractivity contribution in [2.24, 2.45) is 0 Å². The van der Waals surface area contributed by atoms with Crippen LogP contribution in [-0.2, 0) is 14.0 Å². The van der Waals surface area contributed by atoms with E-state index in [0.717, 1.165) is 11.0 Å². The van der Waals surface area contributed by atoms with Gasteiger partial charge in [0.25, 0.3) is 5.91 Å². The molecule has 11 heteroatoms. The molecule has 2 heterocycles. The number of hydrogen-bond acceptors (Lipinski definition) is 7. The van der Waals surface area contributed by atoms with Crippen molar-refractivity contribution >= 4 is 24.6 Å². The van der Waals surface area contributed by atoms with E-state index < -0.39 is 30.0 Å². The maximum absolute atomic E-state index is 14.9. The van der Waals surface area contributed by atoms with Crippen LogP contribution in [0.1, 0.15) is 88.5 Å². The van der Waals surface area contributed by atoms with Crippen LogP contribution in [0.5, 0.6) is 5.75 Å². The summed E-state index contributed by atoms with van der Waals surface area (Å²) in [7, 11) is 0.913. The molecular weight excluding hydrogens is 576 g/mol. The zero-order valence-electron chi connectivity index (χ0n) is 28.7. The summed E-state index contributed by atoms with van der Waals surface area (Å²) in [5.74, 6) is -0.280. The fourth-order valence-corrected chi connectivity index (χ4v) is 5.53. The second-order valence-electron chi connectivity index (χ2n) is 14.3. The van der Waals surface area contributed by atoms with Gasteiger partial charge in [-0.2, -0.15) is 0 Å². The molecule has 2 amide bonds. The minimum Gasteiger partial charge on any atom is -0.484 e. The van der Waals surface area contributed by atoms with Crippen molar-refractivity contribution in [3.05, 3.63) is 58.4 Å². The molecule has 246 valence electrons. The lowest BCUT2D eigenvalue weighted by Crippen LogP contribution is -2.55. The molecule has 0 spiro atoms. The topological polar surface area (TPSA) is 89.6 Å². The molecule has 0 aliphatic carbocycles. The minimum absolute atomic E-state index is 0.105. The molecule has 0 aromatic heterocycles. The Hall–Kier alpha value is -3.15. The Labute approximate surface area is 267 Å². The fraction of sp³-hybridized carbons (Fsp3) is 0.588. The number of ether oxygens (including phenoxy) is 2. The number of rotatable bonds is 7. The van der Waals surface area contributed by atoms with E-state index in [2.05, 4.69) is 10.2 Å². The van der Waals surface area contributed by atoms with Crippen LogP contribution < -0.4 is 15.5 Å². The van der Waals surface area contributed by atoms with Gasteiger partial charge in [0.1, 0.15) is 23.3 Å². The number of benzene rings is 2. The molecule has 9 nitrogen and oxygen atoms in total. The first-order chi connectivity index (χ1) is 20.8. The Bertz CT molecular complexity index is 1410. The number of carbonyl (C=O) groups is 2. The molecule has 0 saturated carbocycles. The van der Waals surface area contributed by atoms with Gasteiger partial charge in [-0.15, -0.1) is 0 Å². The predicted molar refractivity (Wildman–Crippen MR) is 174 cm³/mol. The third-order valence-corrected chi connectivity index (χ3v) is 8.95. The molecule has 1 N–H and O–H groups in total. The van der Waals surface area contributed by atoms with Crippen molar-refractivity contribution in [3.63, 3.8) is 0 Å². The third kappa shape index (κ3) is 7.81. The molecule has 2 saturated heterocycles. The second-order valence-corrected chi connectivity index (χ2v) is 14.3. The number of nitrogens with one attached hydrogen (secondary N) is 1. The first-order valence-electron chi connectivity index (χ1n) is 15.7. The van der Waals surface area contributed by atoms with Crippen LogP contribution in [0, 0.1) is 19.7 Å². The number of nitrogens with zero attached hydrogens (tertiary/aromatic N) is 2. The Balaban J connectivity index is 1.64. The quantitative estimate of drug-likeness (QED) is 0.426. The maximum Gasteiger partial charge on any atom is 0.495 e. The molecule has 2 aromatic rings. The maximum atomic E-state index is 14.9. The summed E-state index contributed by atoms with van der Waals surface area (Å²) >= 11 is 0. The number of carbonyl (C=O) groups excluding carboxylic acids is 2. The summed E-state index contributed by atoms with van der Waals surface area (Å²) in [4.78, 5) is 30.0. The monoisotopic (exact) mass is 625 g/mol. The number of halogens is 1. The van der Waals surface area contributed by atoms with Crippen LogP contribution >= 0.6 is 0 Å². The summed E-state index contributed by atoms with van der Waals surface area (Å²) < 4.78 is 39.7. The molecule has 2 aromatic carbocycles. The third-order valence-electron chi connectivity index (χ3n) is 8.95. The van der Waals surface area contributed by atoms with Crippen LogP contribution in [0.2, 0.25) is 0 Å². The normalized spacial score (nSPS) is 20.6. The summed E-state index contributed by atoms with van der Waals surface area (Å²) in [5.41, 5.74) is 1.42. The predicted octanol–water partition coefficient (Wildman–Crippen LogP) is 5.16. The number of piperazine rings is 1. The highest BCUT2D eigenvalue weighted by molar-refractivity contribution is 6.62. The zero-order valence-corrected chi connectivity index (χ0v) is 28.7. The van der Waals surface area contributed by atoms with Gasteiger partial charge in [-0.1, -0.05) is 12.1 Å². The first-order valence-corrected chi connectivity index (χ1v) is 15.7. The highest BCUT2D eigenvalue weighted by Crippen LogP contribution is 2.37. The van der Waals surface area contributed by atoms with Crippen molar-refractivity contribution in [1.29, 1.82) is 0 Å². The Kier molecular flexibility index (Phi) is 9.97. The summed E-state index contributed by atoms with van der Waals surface area (Å²) in [5, 5.41) is 2.72. The summed E-state index contributed by atoms with van der Waals surface area (Å²) in [6, 6.07) is 8.56. The summed E-state index contributed by atoms with van der Waals surface area (Å²) in [6.07, 6.45) is -0.943. The van der Waals surface area contributed by atoms with Gasteiger partial charge in [0.2, 0.25) is 0 Å². The van der Waals surface area contributed by atoms with Crippen LogP contribution in [0.3, 0.4) is 0 Å². The molecular formula is C34H49BFN3O6. The second kappa shape index (κ2) is 12.9. The molecule has 45 heavy (non-hydrogen) atoms. The molecule has 2 aliphatic heterocycles. The molecule has 2 fully saturated rings. The van der Waals surface area contributed by atoms with Crippen molar-refractivity contribution < 1.29 is 32.8 Å². The van der Waals surface area contributed by atoms with Crippen LogP contribution in [0.15, 0.2) is 30.3 Å². The lowest BCUT2D eigenvalue weighted by Gasteiger charge is -2.41. The molecule has 2 atom stereocenters. The lowest BCUT2D eigenvalue weighted by atomic mass is 9.75. The van der Waals surface area contributed by atoms with Gasteiger partial charge >= 0.3 is 13.2 Å². The van der Waals surface area contributed by atoms with Gasteiger partial charge in [0.05, 0.1) is 16.8 Å². The van der Waals surface area contributed by atoms with Crippen molar-refractivity contribution in [2.75, 3.05) is 33.2 Å². The van der Waals surface area contributed by atoms with Crippen LogP contribution in [-0.4, -0.2) is 85.0 Å². The molecule has 0 radical (unpaired) electrons. The Morgan fingerprint density at radius 1 is 1.07 bits per heavy atom. The fourth-order valence-electron chi connectivity index (χ4n) is 5.53. The molecule has 0 bridgehead atoms. The largest absolute Gasteiger partial charge is 0.495 e. The van der Waals surface area contributed by atoms with Gasteiger partial charge in [-0.3, -0.25) is 9.69 Å². The van der Waals surface area contributed by atoms with E-state index in [1.54, 1.807) is 31.0 Å². The van der Waals surface area contributed by atoms with Gasteiger partial charge in [-0.25, -0.2) is 9.18 Å². The van der Waals surface area contributed by atoms with E-state index in [4.69, 9.17) is 18.8 Å². The van der Waals surface area contributed by atoms with Crippen molar-refractivity contribution in [3.8, 4) is 5.75 Å². The molecule has 0 unspecified atom stereocenters. The van der Waals surface area contributed by atoms with Crippen molar-refractivity contribution in [2.45, 2.75) is 98.2 Å². The first kappa shape index (κ1) is 34.7. The van der Waals surface area contributed by atoms with E-state index in [0.29, 0.717) is 48.6 Å².